The minimum absolute atomic E-state index is 0.0480. The third kappa shape index (κ3) is 5.20. The average molecular weight is 449 g/mol. The lowest BCUT2D eigenvalue weighted by Gasteiger charge is -2.31. The minimum Gasteiger partial charge on any atom is -0.493 e. The first-order valence-corrected chi connectivity index (χ1v) is 10.4. The Hall–Kier alpha value is -2.68. The summed E-state index contributed by atoms with van der Waals surface area (Å²) in [4.78, 5) is 0. The molecule has 3 unspecified atom stereocenters. The van der Waals surface area contributed by atoms with Crippen LogP contribution in [0.25, 0.3) is 0 Å². The van der Waals surface area contributed by atoms with Gasteiger partial charge in [0.1, 0.15) is 0 Å². The van der Waals surface area contributed by atoms with Gasteiger partial charge in [-0.25, -0.2) is 0 Å². The van der Waals surface area contributed by atoms with Gasteiger partial charge in [0.05, 0.1) is 34.0 Å². The highest BCUT2D eigenvalue weighted by atomic mass is 16.7. The molecule has 8 nitrogen and oxygen atoms in total. The summed E-state index contributed by atoms with van der Waals surface area (Å²) >= 11 is 0. The van der Waals surface area contributed by atoms with E-state index in [1.54, 1.807) is 47.7 Å². The van der Waals surface area contributed by atoms with Crippen molar-refractivity contribution in [1.82, 2.24) is 0 Å². The van der Waals surface area contributed by atoms with Crippen LogP contribution < -0.4 is 23.7 Å². The molecule has 1 heterocycles. The van der Waals surface area contributed by atoms with Gasteiger partial charge in [-0.05, 0) is 47.7 Å². The summed E-state index contributed by atoms with van der Waals surface area (Å²) in [5, 5.41) is 11.3. The van der Waals surface area contributed by atoms with Crippen LogP contribution in [0.2, 0.25) is 0 Å². The molecule has 0 bridgehead atoms. The first kappa shape index (κ1) is 24.0. The highest BCUT2D eigenvalue weighted by molar-refractivity contribution is 5.55. The van der Waals surface area contributed by atoms with Crippen LogP contribution in [0.15, 0.2) is 30.3 Å². The number of aliphatic hydroxyl groups excluding tert-OH is 1. The fourth-order valence-corrected chi connectivity index (χ4v) is 4.11. The second-order valence-electron chi connectivity index (χ2n) is 7.63. The first-order chi connectivity index (χ1) is 15.6. The number of hydrogen-bond acceptors (Lipinski definition) is 8. The molecule has 0 spiro atoms. The third-order valence-corrected chi connectivity index (χ3v) is 5.72. The maximum absolute atomic E-state index is 11.3. The maximum atomic E-state index is 11.3. The molecule has 0 aliphatic carbocycles. The average Bonchev–Trinajstić information content (AvgIpc) is 3.29. The van der Waals surface area contributed by atoms with Crippen molar-refractivity contribution < 1.29 is 38.3 Å². The molecule has 32 heavy (non-hydrogen) atoms. The molecule has 1 aliphatic rings. The van der Waals surface area contributed by atoms with E-state index in [1.165, 1.54) is 0 Å². The van der Waals surface area contributed by atoms with Crippen molar-refractivity contribution >= 4 is 0 Å². The highest BCUT2D eigenvalue weighted by Crippen LogP contribution is 2.43. The molecule has 1 N–H and O–H groups in total. The van der Waals surface area contributed by atoms with Crippen LogP contribution in [0, 0.1) is 11.8 Å². The van der Waals surface area contributed by atoms with Gasteiger partial charge in [0.2, 0.25) is 12.5 Å². The topological polar surface area (TPSA) is 84.8 Å². The monoisotopic (exact) mass is 448 g/mol. The Morgan fingerprint density at radius 1 is 0.844 bits per heavy atom. The molecule has 3 rings (SSSR count). The molecule has 0 saturated carbocycles. The van der Waals surface area contributed by atoms with Crippen LogP contribution >= 0.6 is 0 Å². The van der Waals surface area contributed by atoms with Crippen molar-refractivity contribution in [3.05, 3.63) is 41.5 Å². The van der Waals surface area contributed by atoms with Gasteiger partial charge in [0.15, 0.2) is 23.0 Å². The number of ether oxygens (including phenoxy) is 7. The van der Waals surface area contributed by atoms with Crippen LogP contribution in [0.4, 0.5) is 0 Å². The Kier molecular flexibility index (Phi) is 8.44. The Morgan fingerprint density at radius 3 is 2.22 bits per heavy atom. The van der Waals surface area contributed by atoms with Crippen molar-refractivity contribution in [2.45, 2.75) is 12.5 Å². The Balaban J connectivity index is 1.89. The van der Waals surface area contributed by atoms with E-state index in [9.17, 15) is 5.11 Å². The smallest absolute Gasteiger partial charge is 0.231 e. The largest absolute Gasteiger partial charge is 0.493 e. The highest BCUT2D eigenvalue weighted by Gasteiger charge is 2.31. The molecule has 0 aromatic heterocycles. The predicted molar refractivity (Wildman–Crippen MR) is 118 cm³/mol. The van der Waals surface area contributed by atoms with Crippen LogP contribution in [-0.2, 0) is 15.9 Å². The zero-order valence-electron chi connectivity index (χ0n) is 19.3. The Morgan fingerprint density at radius 2 is 1.56 bits per heavy atom. The number of fused-ring (bicyclic) bond motifs is 1. The molecule has 0 saturated heterocycles. The lowest BCUT2D eigenvalue weighted by molar-refractivity contribution is -0.00838. The number of aliphatic hydroxyl groups is 1. The normalized spacial score (nSPS) is 15.2. The van der Waals surface area contributed by atoms with Crippen molar-refractivity contribution in [2.75, 3.05) is 55.6 Å². The Labute approximate surface area is 188 Å². The SMILES string of the molecule is COCC(Cc1cc(OC)c2c(c1)OCO2)C(COC)C(O)c1ccc(OC)c(OC)c1. The van der Waals surface area contributed by atoms with E-state index in [2.05, 4.69) is 0 Å². The summed E-state index contributed by atoms with van der Waals surface area (Å²) < 4.78 is 38.3. The van der Waals surface area contributed by atoms with Gasteiger partial charge in [0.25, 0.3) is 0 Å². The van der Waals surface area contributed by atoms with Gasteiger partial charge >= 0.3 is 0 Å². The first-order valence-electron chi connectivity index (χ1n) is 10.4. The molecule has 0 radical (unpaired) electrons. The lowest BCUT2D eigenvalue weighted by Crippen LogP contribution is -2.31. The molecule has 0 fully saturated rings. The van der Waals surface area contributed by atoms with E-state index >= 15 is 0 Å². The fraction of sp³-hybridized carbons (Fsp3) is 0.500. The van der Waals surface area contributed by atoms with E-state index in [4.69, 9.17) is 33.2 Å². The van der Waals surface area contributed by atoms with E-state index in [-0.39, 0.29) is 18.6 Å². The van der Waals surface area contributed by atoms with E-state index in [1.807, 2.05) is 18.2 Å². The zero-order valence-corrected chi connectivity index (χ0v) is 19.3. The number of methoxy groups -OCH3 is 5. The third-order valence-electron chi connectivity index (χ3n) is 5.72. The van der Waals surface area contributed by atoms with Crippen LogP contribution in [0.3, 0.4) is 0 Å². The van der Waals surface area contributed by atoms with Crippen LogP contribution in [-0.4, -0.2) is 60.7 Å². The second-order valence-corrected chi connectivity index (χ2v) is 7.63. The van der Waals surface area contributed by atoms with E-state index in [0.717, 1.165) is 5.56 Å². The zero-order chi connectivity index (χ0) is 23.1. The van der Waals surface area contributed by atoms with Crippen LogP contribution in [0.1, 0.15) is 17.2 Å². The van der Waals surface area contributed by atoms with Gasteiger partial charge in [-0.1, -0.05) is 6.07 Å². The Bertz CT molecular complexity index is 885. The minimum atomic E-state index is -0.800. The van der Waals surface area contributed by atoms with Gasteiger partial charge in [-0.2, -0.15) is 0 Å². The molecule has 2 aromatic rings. The molecule has 3 atom stereocenters. The van der Waals surface area contributed by atoms with Gasteiger partial charge in [0, 0.05) is 26.7 Å². The predicted octanol–water partition coefficient (Wildman–Crippen LogP) is 3.24. The summed E-state index contributed by atoms with van der Waals surface area (Å²) in [5.74, 6) is 2.76. The quantitative estimate of drug-likeness (QED) is 0.530. The molecule has 1 aliphatic heterocycles. The molecule has 0 amide bonds. The standard InChI is InChI=1S/C24H32O8/c1-26-12-17(8-15-9-21(30-5)24-22(10-15)31-14-32-24)18(13-27-2)23(25)16-6-7-19(28-3)20(11-16)29-4/h6-7,9-11,17-18,23,25H,8,12-14H2,1-5H3. The summed E-state index contributed by atoms with van der Waals surface area (Å²) in [7, 11) is 8.03. The lowest BCUT2D eigenvalue weighted by atomic mass is 9.81. The fourth-order valence-electron chi connectivity index (χ4n) is 4.11. The van der Waals surface area contributed by atoms with Crippen molar-refractivity contribution in [1.29, 1.82) is 0 Å². The molecular formula is C24H32O8. The van der Waals surface area contributed by atoms with Gasteiger partial charge in [-0.15, -0.1) is 0 Å². The summed E-state index contributed by atoms with van der Waals surface area (Å²) in [6, 6.07) is 9.29. The molecule has 8 heteroatoms. The molecule has 176 valence electrons. The maximum Gasteiger partial charge on any atom is 0.231 e. The van der Waals surface area contributed by atoms with Crippen molar-refractivity contribution in [3.8, 4) is 28.7 Å². The summed E-state index contributed by atoms with van der Waals surface area (Å²) in [6.45, 7) is 0.960. The number of hydrogen-bond donors (Lipinski definition) is 1. The molecule has 2 aromatic carbocycles. The van der Waals surface area contributed by atoms with Crippen molar-refractivity contribution in [3.63, 3.8) is 0 Å². The number of benzene rings is 2. The summed E-state index contributed by atoms with van der Waals surface area (Å²) in [6.07, 6.45) is -0.176. The van der Waals surface area contributed by atoms with Crippen molar-refractivity contribution in [2.24, 2.45) is 11.8 Å². The molecular weight excluding hydrogens is 416 g/mol. The van der Waals surface area contributed by atoms with E-state index in [0.29, 0.717) is 53.9 Å². The van der Waals surface area contributed by atoms with Gasteiger partial charge in [-0.3, -0.25) is 0 Å². The number of rotatable bonds is 12. The van der Waals surface area contributed by atoms with E-state index < -0.39 is 6.10 Å². The second kappa shape index (κ2) is 11.3. The van der Waals surface area contributed by atoms with Crippen LogP contribution in [0.5, 0.6) is 28.7 Å². The summed E-state index contributed by atoms with van der Waals surface area (Å²) in [5.41, 5.74) is 1.71. The van der Waals surface area contributed by atoms with Gasteiger partial charge < -0.3 is 38.3 Å².